The highest BCUT2D eigenvalue weighted by molar-refractivity contribution is 6.06. The minimum absolute atomic E-state index is 0.0676. The SMILES string of the molecule is CC(C)CC1(C)N=C(N)N(CC2CCN(C(=O)Nc3cc(F)cc(F)c3)CC2)C1=O. The Labute approximate surface area is 175 Å². The number of nitrogens with zero attached hydrogens (tertiary/aromatic N) is 3. The molecule has 0 bridgehead atoms. The second kappa shape index (κ2) is 8.57. The van der Waals surface area contributed by atoms with Crippen LogP contribution in [0.4, 0.5) is 19.3 Å². The van der Waals surface area contributed by atoms with E-state index in [-0.39, 0.29) is 23.5 Å². The lowest BCUT2D eigenvalue weighted by Gasteiger charge is -2.34. The first-order chi connectivity index (χ1) is 14.1. The summed E-state index contributed by atoms with van der Waals surface area (Å²) in [6.07, 6.45) is 2.04. The summed E-state index contributed by atoms with van der Waals surface area (Å²) in [6.45, 7) is 7.36. The highest BCUT2D eigenvalue weighted by Gasteiger charge is 2.44. The number of guanidine groups is 1. The number of rotatable bonds is 5. The van der Waals surface area contributed by atoms with Crippen molar-refractivity contribution in [2.24, 2.45) is 22.6 Å². The van der Waals surface area contributed by atoms with Crippen molar-refractivity contribution < 1.29 is 18.4 Å². The summed E-state index contributed by atoms with van der Waals surface area (Å²) in [5.74, 6) is -0.784. The molecule has 1 aromatic rings. The van der Waals surface area contributed by atoms with E-state index < -0.39 is 23.2 Å². The largest absolute Gasteiger partial charge is 0.369 e. The van der Waals surface area contributed by atoms with Crippen LogP contribution in [0.5, 0.6) is 0 Å². The lowest BCUT2D eigenvalue weighted by Crippen LogP contribution is -2.48. The van der Waals surface area contributed by atoms with E-state index in [4.69, 9.17) is 5.73 Å². The summed E-state index contributed by atoms with van der Waals surface area (Å²) >= 11 is 0. The van der Waals surface area contributed by atoms with Gasteiger partial charge in [0.15, 0.2) is 5.96 Å². The van der Waals surface area contributed by atoms with Crippen LogP contribution in [-0.2, 0) is 4.79 Å². The Hall–Kier alpha value is -2.71. The van der Waals surface area contributed by atoms with Crippen LogP contribution in [0.25, 0.3) is 0 Å². The van der Waals surface area contributed by atoms with Gasteiger partial charge >= 0.3 is 6.03 Å². The van der Waals surface area contributed by atoms with E-state index in [1.54, 1.807) is 9.80 Å². The molecule has 3 N–H and O–H groups in total. The topological polar surface area (TPSA) is 91.0 Å². The van der Waals surface area contributed by atoms with Crippen molar-refractivity contribution in [2.45, 2.75) is 45.6 Å². The zero-order chi connectivity index (χ0) is 22.1. The number of piperidine rings is 1. The Morgan fingerprint density at radius 1 is 1.27 bits per heavy atom. The molecule has 0 radical (unpaired) electrons. The van der Waals surface area contributed by atoms with Crippen molar-refractivity contribution in [1.82, 2.24) is 9.80 Å². The van der Waals surface area contributed by atoms with Crippen LogP contribution in [-0.4, -0.2) is 52.9 Å². The molecule has 7 nitrogen and oxygen atoms in total. The van der Waals surface area contributed by atoms with Gasteiger partial charge in [-0.2, -0.15) is 0 Å². The first kappa shape index (κ1) is 22.0. The molecule has 2 aliphatic heterocycles. The first-order valence-corrected chi connectivity index (χ1v) is 10.3. The summed E-state index contributed by atoms with van der Waals surface area (Å²) in [5.41, 5.74) is 5.32. The molecular formula is C21H29F2N5O2. The number of carbonyl (C=O) groups is 2. The minimum atomic E-state index is -0.806. The van der Waals surface area contributed by atoms with Gasteiger partial charge in [0.2, 0.25) is 0 Å². The van der Waals surface area contributed by atoms with Gasteiger partial charge in [-0.05, 0) is 50.2 Å². The smallest absolute Gasteiger partial charge is 0.321 e. The maximum absolute atomic E-state index is 13.3. The quantitative estimate of drug-likeness (QED) is 0.765. The number of halogens is 2. The van der Waals surface area contributed by atoms with Crippen molar-refractivity contribution in [3.63, 3.8) is 0 Å². The molecule has 2 aliphatic rings. The summed E-state index contributed by atoms with van der Waals surface area (Å²) in [4.78, 5) is 32.9. The molecule has 0 aliphatic carbocycles. The molecule has 1 atom stereocenters. The molecule has 9 heteroatoms. The minimum Gasteiger partial charge on any atom is -0.369 e. The van der Waals surface area contributed by atoms with Gasteiger partial charge in [0.05, 0.1) is 0 Å². The van der Waals surface area contributed by atoms with Crippen LogP contribution in [0.2, 0.25) is 0 Å². The first-order valence-electron chi connectivity index (χ1n) is 10.3. The van der Waals surface area contributed by atoms with Gasteiger partial charge in [0.25, 0.3) is 5.91 Å². The molecule has 30 heavy (non-hydrogen) atoms. The number of hydrogen-bond acceptors (Lipinski definition) is 4. The number of hydrogen-bond donors (Lipinski definition) is 2. The Kier molecular flexibility index (Phi) is 6.28. The van der Waals surface area contributed by atoms with Crippen LogP contribution >= 0.6 is 0 Å². The summed E-state index contributed by atoms with van der Waals surface area (Å²) in [7, 11) is 0. The normalized spacial score (nSPS) is 22.6. The van der Waals surface area contributed by atoms with Crippen LogP contribution in [0, 0.1) is 23.5 Å². The third-order valence-corrected chi connectivity index (χ3v) is 5.61. The molecule has 164 valence electrons. The van der Waals surface area contributed by atoms with Crippen molar-refractivity contribution in [3.05, 3.63) is 29.8 Å². The van der Waals surface area contributed by atoms with Gasteiger partial charge in [-0.15, -0.1) is 0 Å². The molecule has 1 fully saturated rings. The fraction of sp³-hybridized carbons (Fsp3) is 0.571. The highest BCUT2D eigenvalue weighted by atomic mass is 19.1. The van der Waals surface area contributed by atoms with Crippen molar-refractivity contribution in [1.29, 1.82) is 0 Å². The zero-order valence-corrected chi connectivity index (χ0v) is 17.6. The predicted molar refractivity (Wildman–Crippen MR) is 111 cm³/mol. The number of amides is 3. The maximum atomic E-state index is 13.3. The van der Waals surface area contributed by atoms with Crippen LogP contribution in [0.15, 0.2) is 23.2 Å². The second-order valence-corrected chi connectivity index (χ2v) is 8.78. The summed E-state index contributed by atoms with van der Waals surface area (Å²) < 4.78 is 26.6. The third kappa shape index (κ3) is 4.88. The molecule has 2 heterocycles. The lowest BCUT2D eigenvalue weighted by molar-refractivity contribution is -0.131. The molecule has 1 saturated heterocycles. The lowest BCUT2D eigenvalue weighted by atomic mass is 9.90. The Morgan fingerprint density at radius 2 is 1.87 bits per heavy atom. The monoisotopic (exact) mass is 421 g/mol. The highest BCUT2D eigenvalue weighted by Crippen LogP contribution is 2.30. The number of likely N-dealkylation sites (tertiary alicyclic amines) is 1. The molecular weight excluding hydrogens is 392 g/mol. The number of nitrogens with two attached hydrogens (primary N) is 1. The summed E-state index contributed by atoms with van der Waals surface area (Å²) in [6, 6.07) is 2.50. The van der Waals surface area contributed by atoms with E-state index in [0.717, 1.165) is 18.2 Å². The Morgan fingerprint density at radius 3 is 2.43 bits per heavy atom. The van der Waals surface area contributed by atoms with Crippen LogP contribution in [0.3, 0.4) is 0 Å². The number of aliphatic imine (C=N–C) groups is 1. The number of anilines is 1. The molecule has 3 amide bonds. The van der Waals surface area contributed by atoms with Gasteiger partial charge < -0.3 is 16.0 Å². The van der Waals surface area contributed by atoms with Crippen LogP contribution < -0.4 is 11.1 Å². The van der Waals surface area contributed by atoms with E-state index >= 15 is 0 Å². The van der Waals surface area contributed by atoms with Gasteiger partial charge in [-0.3, -0.25) is 9.69 Å². The zero-order valence-electron chi connectivity index (χ0n) is 17.6. The average Bonchev–Trinajstić information content (AvgIpc) is 2.83. The molecule has 1 unspecified atom stereocenters. The molecule has 1 aromatic carbocycles. The van der Waals surface area contributed by atoms with Gasteiger partial charge in [-0.1, -0.05) is 13.8 Å². The number of nitrogens with one attached hydrogen (secondary N) is 1. The fourth-order valence-corrected chi connectivity index (χ4v) is 4.27. The third-order valence-electron chi connectivity index (χ3n) is 5.61. The second-order valence-electron chi connectivity index (χ2n) is 8.78. The fourth-order valence-electron chi connectivity index (χ4n) is 4.27. The Balaban J connectivity index is 1.53. The summed E-state index contributed by atoms with van der Waals surface area (Å²) in [5, 5.41) is 2.53. The van der Waals surface area contributed by atoms with E-state index in [0.29, 0.717) is 44.8 Å². The van der Waals surface area contributed by atoms with Gasteiger partial charge in [-0.25, -0.2) is 18.6 Å². The maximum Gasteiger partial charge on any atom is 0.321 e. The standard InChI is InChI=1S/C21H29F2N5O2/c1-13(2)11-21(3)18(29)28(19(24)26-21)12-14-4-6-27(7-5-14)20(30)25-17-9-15(22)8-16(23)10-17/h8-10,13-14H,4-7,11-12H2,1-3H3,(H2,24,26)(H,25,30). The van der Waals surface area contributed by atoms with Gasteiger partial charge in [0.1, 0.15) is 17.2 Å². The van der Waals surface area contributed by atoms with Gasteiger partial charge in [0, 0.05) is 31.4 Å². The molecule has 0 spiro atoms. The van der Waals surface area contributed by atoms with Crippen LogP contribution in [0.1, 0.15) is 40.0 Å². The number of urea groups is 1. The van der Waals surface area contributed by atoms with E-state index in [1.165, 1.54) is 0 Å². The molecule has 0 saturated carbocycles. The van der Waals surface area contributed by atoms with Crippen molar-refractivity contribution in [3.8, 4) is 0 Å². The molecule has 0 aromatic heterocycles. The van der Waals surface area contributed by atoms with E-state index in [1.807, 2.05) is 20.8 Å². The average molecular weight is 421 g/mol. The molecule has 3 rings (SSSR count). The van der Waals surface area contributed by atoms with Crippen molar-refractivity contribution >= 4 is 23.6 Å². The Bertz CT molecular complexity index is 832. The predicted octanol–water partition coefficient (Wildman–Crippen LogP) is 3.17. The van der Waals surface area contributed by atoms with E-state index in [9.17, 15) is 18.4 Å². The number of benzene rings is 1. The van der Waals surface area contributed by atoms with E-state index in [2.05, 4.69) is 10.3 Å². The number of carbonyl (C=O) groups excluding carboxylic acids is 2. The van der Waals surface area contributed by atoms with Crippen molar-refractivity contribution in [2.75, 3.05) is 25.0 Å².